The molecule has 6 N–H and O–H groups in total. The van der Waals surface area contributed by atoms with Gasteiger partial charge >= 0.3 is 0 Å². The molecular formula is C16H27NO7. The van der Waals surface area contributed by atoms with Crippen LogP contribution < -0.4 is 14.8 Å². The van der Waals surface area contributed by atoms with Crippen molar-refractivity contribution in [2.45, 2.75) is 30.8 Å². The van der Waals surface area contributed by atoms with E-state index in [1.165, 1.54) is 0 Å². The van der Waals surface area contributed by atoms with E-state index in [1.54, 1.807) is 20.3 Å². The molecule has 0 aliphatic carbocycles. The number of ether oxygens (including phenoxy) is 2. The Morgan fingerprint density at radius 1 is 0.958 bits per heavy atom. The van der Waals surface area contributed by atoms with E-state index in [0.717, 1.165) is 5.56 Å². The van der Waals surface area contributed by atoms with Crippen molar-refractivity contribution in [1.82, 2.24) is 5.32 Å². The lowest BCUT2D eigenvalue weighted by molar-refractivity contribution is -0.113. The number of nitrogens with one attached hydrogen (secondary N) is 1. The second-order valence-corrected chi connectivity index (χ2v) is 5.44. The van der Waals surface area contributed by atoms with Crippen LogP contribution >= 0.6 is 0 Å². The summed E-state index contributed by atoms with van der Waals surface area (Å²) in [6.45, 7) is -0.140. The smallest absolute Gasteiger partial charge is 0.160 e. The van der Waals surface area contributed by atoms with Crippen LogP contribution in [-0.4, -0.2) is 83.9 Å². The Kier molecular flexibility index (Phi) is 8.98. The first kappa shape index (κ1) is 20.6. The maximum Gasteiger partial charge on any atom is 0.160 e. The minimum atomic E-state index is -1.61. The van der Waals surface area contributed by atoms with Gasteiger partial charge in [-0.2, -0.15) is 0 Å². The van der Waals surface area contributed by atoms with E-state index < -0.39 is 31.0 Å². The topological polar surface area (TPSA) is 132 Å². The molecule has 8 nitrogen and oxygen atoms in total. The molecule has 0 unspecified atom stereocenters. The summed E-state index contributed by atoms with van der Waals surface area (Å²) in [6.07, 6.45) is -5.28. The lowest BCUT2D eigenvalue weighted by Gasteiger charge is -2.25. The molecule has 0 saturated heterocycles. The molecule has 0 heterocycles. The lowest BCUT2D eigenvalue weighted by atomic mass is 10.0. The molecule has 8 heteroatoms. The Balaban J connectivity index is 2.40. The van der Waals surface area contributed by atoms with Gasteiger partial charge in [0.1, 0.15) is 18.3 Å². The normalized spacial score (nSPS) is 16.3. The van der Waals surface area contributed by atoms with Crippen molar-refractivity contribution in [3.05, 3.63) is 23.8 Å². The van der Waals surface area contributed by atoms with Crippen LogP contribution in [0.5, 0.6) is 11.5 Å². The van der Waals surface area contributed by atoms with Crippen LogP contribution in [0.2, 0.25) is 0 Å². The third kappa shape index (κ3) is 5.90. The van der Waals surface area contributed by atoms with Gasteiger partial charge in [-0.05, 0) is 30.7 Å². The summed E-state index contributed by atoms with van der Waals surface area (Å²) in [6, 6.07) is 5.56. The molecule has 0 radical (unpaired) electrons. The van der Waals surface area contributed by atoms with Crippen molar-refractivity contribution >= 4 is 0 Å². The molecule has 138 valence electrons. The summed E-state index contributed by atoms with van der Waals surface area (Å²) in [5.74, 6) is 1.27. The third-order valence-corrected chi connectivity index (χ3v) is 3.72. The van der Waals surface area contributed by atoms with Crippen LogP contribution in [0.1, 0.15) is 5.56 Å². The molecule has 0 aromatic heterocycles. The number of hydrogen-bond donors (Lipinski definition) is 6. The van der Waals surface area contributed by atoms with Gasteiger partial charge in [0.05, 0.1) is 26.9 Å². The molecule has 0 saturated carbocycles. The van der Waals surface area contributed by atoms with Gasteiger partial charge in [0.15, 0.2) is 11.5 Å². The number of benzene rings is 1. The molecule has 24 heavy (non-hydrogen) atoms. The van der Waals surface area contributed by atoms with Crippen molar-refractivity contribution in [1.29, 1.82) is 0 Å². The Hall–Kier alpha value is -1.42. The van der Waals surface area contributed by atoms with Crippen LogP contribution in [-0.2, 0) is 6.42 Å². The summed E-state index contributed by atoms with van der Waals surface area (Å²) in [5.41, 5.74) is 1.01. The Bertz CT molecular complexity index is 485. The van der Waals surface area contributed by atoms with Crippen molar-refractivity contribution in [3.63, 3.8) is 0 Å². The average molecular weight is 345 g/mol. The average Bonchev–Trinajstić information content (AvgIpc) is 2.62. The second kappa shape index (κ2) is 10.4. The molecule has 0 fully saturated rings. The maximum atomic E-state index is 9.78. The fourth-order valence-corrected chi connectivity index (χ4v) is 2.20. The Morgan fingerprint density at radius 3 is 2.17 bits per heavy atom. The van der Waals surface area contributed by atoms with Gasteiger partial charge in [0.25, 0.3) is 0 Å². The van der Waals surface area contributed by atoms with Crippen molar-refractivity contribution < 1.29 is 35.0 Å². The van der Waals surface area contributed by atoms with Crippen molar-refractivity contribution in [3.8, 4) is 11.5 Å². The van der Waals surface area contributed by atoms with Gasteiger partial charge in [-0.15, -0.1) is 0 Å². The highest BCUT2D eigenvalue weighted by Crippen LogP contribution is 2.27. The summed E-state index contributed by atoms with van der Waals surface area (Å²) >= 11 is 0. The number of methoxy groups -OCH3 is 2. The van der Waals surface area contributed by atoms with Gasteiger partial charge in [0, 0.05) is 6.54 Å². The van der Waals surface area contributed by atoms with E-state index in [9.17, 15) is 20.4 Å². The largest absolute Gasteiger partial charge is 0.493 e. The van der Waals surface area contributed by atoms with Crippen molar-refractivity contribution in [2.24, 2.45) is 0 Å². The molecule has 1 rings (SSSR count). The van der Waals surface area contributed by atoms with Gasteiger partial charge < -0.3 is 40.3 Å². The summed E-state index contributed by atoms with van der Waals surface area (Å²) in [4.78, 5) is 0. The van der Waals surface area contributed by atoms with E-state index in [2.05, 4.69) is 5.32 Å². The summed E-state index contributed by atoms with van der Waals surface area (Å²) in [7, 11) is 3.12. The number of aliphatic hydroxyl groups is 5. The maximum absolute atomic E-state index is 9.78. The summed E-state index contributed by atoms with van der Waals surface area (Å²) in [5, 5.41) is 49.9. The SMILES string of the molecule is COc1ccc(CCNC[C@H](O)[C@@H](O)[C@H](O)[C@H](O)CO)cc1OC. The first-order valence-corrected chi connectivity index (χ1v) is 7.69. The highest BCUT2D eigenvalue weighted by molar-refractivity contribution is 5.42. The van der Waals surface area contributed by atoms with Crippen LogP contribution in [0.3, 0.4) is 0 Å². The first-order chi connectivity index (χ1) is 11.4. The van der Waals surface area contributed by atoms with E-state index in [0.29, 0.717) is 24.5 Å². The van der Waals surface area contributed by atoms with Crippen LogP contribution in [0.4, 0.5) is 0 Å². The van der Waals surface area contributed by atoms with Gasteiger partial charge in [-0.3, -0.25) is 0 Å². The molecule has 4 atom stereocenters. The molecule has 0 bridgehead atoms. The minimum Gasteiger partial charge on any atom is -0.493 e. The Morgan fingerprint density at radius 2 is 1.58 bits per heavy atom. The van der Waals surface area contributed by atoms with Crippen LogP contribution in [0.15, 0.2) is 18.2 Å². The van der Waals surface area contributed by atoms with Gasteiger partial charge in [0.2, 0.25) is 0 Å². The second-order valence-electron chi connectivity index (χ2n) is 5.44. The Labute approximate surface area is 141 Å². The standard InChI is InChI=1S/C16H27NO7/c1-23-13-4-3-10(7-14(13)24-2)5-6-17-8-11(19)15(21)16(22)12(20)9-18/h3-4,7,11-12,15-22H,5-6,8-9H2,1-2H3/t11-,12+,15+,16+/m0/s1. The van der Waals surface area contributed by atoms with Crippen LogP contribution in [0.25, 0.3) is 0 Å². The monoisotopic (exact) mass is 345 g/mol. The number of rotatable bonds is 11. The number of hydrogen-bond acceptors (Lipinski definition) is 8. The zero-order valence-corrected chi connectivity index (χ0v) is 13.9. The van der Waals surface area contributed by atoms with E-state index in [-0.39, 0.29) is 6.54 Å². The van der Waals surface area contributed by atoms with E-state index in [1.807, 2.05) is 12.1 Å². The number of aliphatic hydroxyl groups excluding tert-OH is 5. The zero-order valence-electron chi connectivity index (χ0n) is 13.9. The highest BCUT2D eigenvalue weighted by atomic mass is 16.5. The fraction of sp³-hybridized carbons (Fsp3) is 0.625. The molecule has 0 aliphatic heterocycles. The first-order valence-electron chi connectivity index (χ1n) is 7.69. The molecular weight excluding hydrogens is 318 g/mol. The van der Waals surface area contributed by atoms with Gasteiger partial charge in [-0.1, -0.05) is 6.07 Å². The molecule has 0 amide bonds. The molecule has 0 spiro atoms. The molecule has 0 aliphatic rings. The molecule has 1 aromatic rings. The minimum absolute atomic E-state index is 0.0314. The zero-order chi connectivity index (χ0) is 18.1. The highest BCUT2D eigenvalue weighted by Gasteiger charge is 2.29. The molecule has 1 aromatic carbocycles. The lowest BCUT2D eigenvalue weighted by Crippen LogP contribution is -2.49. The van der Waals surface area contributed by atoms with E-state index in [4.69, 9.17) is 14.6 Å². The predicted molar refractivity (Wildman–Crippen MR) is 87.2 cm³/mol. The quantitative estimate of drug-likeness (QED) is 0.261. The summed E-state index contributed by atoms with van der Waals surface area (Å²) < 4.78 is 10.4. The van der Waals surface area contributed by atoms with Crippen molar-refractivity contribution in [2.75, 3.05) is 33.9 Å². The van der Waals surface area contributed by atoms with Gasteiger partial charge in [-0.25, -0.2) is 0 Å². The third-order valence-electron chi connectivity index (χ3n) is 3.72. The fourth-order valence-electron chi connectivity index (χ4n) is 2.20. The predicted octanol–water partition coefficient (Wildman–Crippen LogP) is -1.73. The van der Waals surface area contributed by atoms with Crippen LogP contribution in [0, 0.1) is 0 Å². The van der Waals surface area contributed by atoms with E-state index >= 15 is 0 Å².